The van der Waals surface area contributed by atoms with Gasteiger partial charge in [-0.25, -0.2) is 0 Å². The number of rotatable bonds is 6. The summed E-state index contributed by atoms with van der Waals surface area (Å²) in [6, 6.07) is 12.1. The summed E-state index contributed by atoms with van der Waals surface area (Å²) >= 11 is 5.82. The van der Waals surface area contributed by atoms with Gasteiger partial charge in [0.1, 0.15) is 6.61 Å². The minimum atomic E-state index is 0.371. The Labute approximate surface area is 164 Å². The summed E-state index contributed by atoms with van der Waals surface area (Å²) in [7, 11) is 0. The molecule has 0 spiro atoms. The van der Waals surface area contributed by atoms with Gasteiger partial charge >= 0.3 is 0 Å². The van der Waals surface area contributed by atoms with E-state index in [0.29, 0.717) is 17.6 Å². The quantitative estimate of drug-likeness (QED) is 0.619. The van der Waals surface area contributed by atoms with Crippen LogP contribution in [0.5, 0.6) is 5.88 Å². The zero-order valence-electron chi connectivity index (χ0n) is 15.7. The summed E-state index contributed by atoms with van der Waals surface area (Å²) in [6.07, 6.45) is 3.93. The number of benzene rings is 1. The van der Waals surface area contributed by atoms with Crippen LogP contribution in [0, 0.1) is 0 Å². The number of para-hydroxylation sites is 1. The normalized spacial score (nSPS) is 15.3. The van der Waals surface area contributed by atoms with Crippen LogP contribution in [0.4, 0.5) is 0 Å². The molecular formula is C21H25ClN4O. The van der Waals surface area contributed by atoms with E-state index in [1.165, 1.54) is 54.5 Å². The summed E-state index contributed by atoms with van der Waals surface area (Å²) < 4.78 is 8.34. The van der Waals surface area contributed by atoms with E-state index in [-0.39, 0.29) is 0 Å². The zero-order valence-corrected chi connectivity index (χ0v) is 16.5. The van der Waals surface area contributed by atoms with Gasteiger partial charge in [0.15, 0.2) is 5.15 Å². The van der Waals surface area contributed by atoms with E-state index in [2.05, 4.69) is 50.9 Å². The van der Waals surface area contributed by atoms with Crippen molar-refractivity contribution in [1.29, 1.82) is 0 Å². The van der Waals surface area contributed by atoms with Crippen LogP contribution >= 0.6 is 11.6 Å². The molecule has 1 aliphatic heterocycles. The second-order valence-corrected chi connectivity index (χ2v) is 7.39. The average Bonchev–Trinajstić information content (AvgIpc) is 3.01. The van der Waals surface area contributed by atoms with E-state index in [0.717, 1.165) is 13.1 Å². The smallest absolute Gasteiger partial charge is 0.233 e. The average molecular weight is 385 g/mol. The fourth-order valence-electron chi connectivity index (χ4n) is 3.99. The fraction of sp³-hybridized carbons (Fsp3) is 0.429. The topological polar surface area (TPSA) is 43.2 Å². The fourth-order valence-corrected chi connectivity index (χ4v) is 4.10. The van der Waals surface area contributed by atoms with Crippen molar-refractivity contribution >= 4 is 22.5 Å². The molecular weight excluding hydrogens is 360 g/mol. The molecule has 5 nitrogen and oxygen atoms in total. The second kappa shape index (κ2) is 8.28. The lowest BCUT2D eigenvalue weighted by atomic mass is 10.1. The molecule has 1 saturated heterocycles. The predicted octanol–water partition coefficient (Wildman–Crippen LogP) is 4.67. The van der Waals surface area contributed by atoms with Crippen LogP contribution in [-0.4, -0.2) is 32.8 Å². The lowest BCUT2D eigenvalue weighted by Gasteiger charge is -2.26. The number of aryl methyl sites for hydroxylation is 1. The van der Waals surface area contributed by atoms with E-state index in [9.17, 15) is 0 Å². The van der Waals surface area contributed by atoms with Crippen molar-refractivity contribution < 1.29 is 4.74 Å². The highest BCUT2D eigenvalue weighted by molar-refractivity contribution is 6.29. The van der Waals surface area contributed by atoms with Crippen LogP contribution in [0.25, 0.3) is 10.9 Å². The molecule has 0 amide bonds. The van der Waals surface area contributed by atoms with Crippen molar-refractivity contribution in [2.24, 2.45) is 0 Å². The minimum Gasteiger partial charge on any atom is -0.470 e. The van der Waals surface area contributed by atoms with E-state index in [1.54, 1.807) is 12.1 Å². The summed E-state index contributed by atoms with van der Waals surface area (Å²) in [5, 5.41) is 9.59. The van der Waals surface area contributed by atoms with Gasteiger partial charge < -0.3 is 9.30 Å². The van der Waals surface area contributed by atoms with Gasteiger partial charge in [0.25, 0.3) is 0 Å². The van der Waals surface area contributed by atoms with Crippen LogP contribution in [0.1, 0.15) is 37.4 Å². The predicted molar refractivity (Wildman–Crippen MR) is 108 cm³/mol. The molecule has 142 valence electrons. The van der Waals surface area contributed by atoms with Crippen molar-refractivity contribution in [2.45, 2.75) is 45.9 Å². The lowest BCUT2D eigenvalue weighted by Crippen LogP contribution is -2.29. The van der Waals surface area contributed by atoms with Crippen LogP contribution in [0.3, 0.4) is 0 Å². The van der Waals surface area contributed by atoms with Crippen LogP contribution < -0.4 is 4.74 Å². The number of ether oxygens (including phenoxy) is 1. The van der Waals surface area contributed by atoms with Gasteiger partial charge in [0.05, 0.1) is 5.69 Å². The Morgan fingerprint density at radius 1 is 1.04 bits per heavy atom. The van der Waals surface area contributed by atoms with Gasteiger partial charge in [0.2, 0.25) is 5.88 Å². The monoisotopic (exact) mass is 384 g/mol. The van der Waals surface area contributed by atoms with Crippen molar-refractivity contribution in [3.8, 4) is 5.88 Å². The number of likely N-dealkylation sites (tertiary alicyclic amines) is 1. The van der Waals surface area contributed by atoms with E-state index >= 15 is 0 Å². The Morgan fingerprint density at radius 3 is 2.59 bits per heavy atom. The highest BCUT2D eigenvalue weighted by Gasteiger charge is 2.20. The molecule has 0 atom stereocenters. The first-order valence-corrected chi connectivity index (χ1v) is 10.1. The number of aromatic nitrogens is 3. The Kier molecular flexibility index (Phi) is 5.60. The van der Waals surface area contributed by atoms with E-state index in [4.69, 9.17) is 16.3 Å². The molecule has 3 heterocycles. The summed E-state index contributed by atoms with van der Waals surface area (Å²) in [4.78, 5) is 2.57. The Balaban J connectivity index is 1.67. The lowest BCUT2D eigenvalue weighted by molar-refractivity contribution is 0.218. The molecule has 0 unspecified atom stereocenters. The number of hydrogen-bond donors (Lipinski definition) is 0. The minimum absolute atomic E-state index is 0.371. The molecule has 0 aliphatic carbocycles. The molecule has 3 aromatic rings. The van der Waals surface area contributed by atoms with Gasteiger partial charge in [-0.2, -0.15) is 0 Å². The van der Waals surface area contributed by atoms with Gasteiger partial charge in [0, 0.05) is 30.1 Å². The van der Waals surface area contributed by atoms with E-state index in [1.807, 2.05) is 0 Å². The van der Waals surface area contributed by atoms with Gasteiger partial charge in [-0.3, -0.25) is 4.90 Å². The zero-order chi connectivity index (χ0) is 18.6. The maximum absolute atomic E-state index is 5.98. The third-order valence-electron chi connectivity index (χ3n) is 5.31. The number of fused-ring (bicyclic) bond motifs is 1. The number of piperidine rings is 1. The van der Waals surface area contributed by atoms with E-state index < -0.39 is 0 Å². The Bertz CT molecular complexity index is 900. The van der Waals surface area contributed by atoms with Crippen LogP contribution in [-0.2, 0) is 19.7 Å². The Morgan fingerprint density at radius 2 is 1.85 bits per heavy atom. The molecule has 2 aromatic heterocycles. The standard InChI is InChI=1S/C21H25ClN4O/c1-2-26-18-9-5-4-8-16(18)17(14-25-12-6-3-7-13-25)19(26)15-27-21-11-10-20(22)23-24-21/h4-5,8-11H,2-3,6-7,12-15H2,1H3. The van der Waals surface area contributed by atoms with Crippen LogP contribution in [0.2, 0.25) is 5.15 Å². The van der Waals surface area contributed by atoms with Crippen molar-refractivity contribution in [3.63, 3.8) is 0 Å². The molecule has 0 N–H and O–H groups in total. The van der Waals surface area contributed by atoms with Crippen molar-refractivity contribution in [3.05, 3.63) is 52.8 Å². The highest BCUT2D eigenvalue weighted by atomic mass is 35.5. The summed E-state index contributed by atoms with van der Waals surface area (Å²) in [5.74, 6) is 0.497. The molecule has 4 rings (SSSR count). The molecule has 1 fully saturated rings. The van der Waals surface area contributed by atoms with Gasteiger partial charge in [-0.05, 0) is 50.6 Å². The van der Waals surface area contributed by atoms with Gasteiger partial charge in [-0.1, -0.05) is 36.2 Å². The first-order valence-electron chi connectivity index (χ1n) is 9.69. The summed E-state index contributed by atoms with van der Waals surface area (Å²) in [5.41, 5.74) is 3.87. The molecule has 0 bridgehead atoms. The molecule has 6 heteroatoms. The maximum Gasteiger partial charge on any atom is 0.233 e. The first-order chi connectivity index (χ1) is 13.3. The number of nitrogens with zero attached hydrogens (tertiary/aromatic N) is 4. The molecule has 1 aliphatic rings. The third-order valence-corrected chi connectivity index (χ3v) is 5.51. The van der Waals surface area contributed by atoms with Crippen molar-refractivity contribution in [1.82, 2.24) is 19.7 Å². The molecule has 1 aromatic carbocycles. The SMILES string of the molecule is CCn1c(COc2ccc(Cl)nn2)c(CN2CCCCC2)c2ccccc21. The number of hydrogen-bond acceptors (Lipinski definition) is 4. The van der Waals surface area contributed by atoms with Gasteiger partial charge in [-0.15, -0.1) is 10.2 Å². The molecule has 27 heavy (non-hydrogen) atoms. The summed E-state index contributed by atoms with van der Waals surface area (Å²) in [6.45, 7) is 6.89. The maximum atomic E-state index is 5.98. The van der Waals surface area contributed by atoms with Crippen molar-refractivity contribution in [2.75, 3.05) is 13.1 Å². The Hall–Kier alpha value is -2.11. The highest BCUT2D eigenvalue weighted by Crippen LogP contribution is 2.29. The first kappa shape index (κ1) is 18.3. The number of halogens is 1. The third kappa shape index (κ3) is 3.94. The second-order valence-electron chi connectivity index (χ2n) is 7.01. The largest absolute Gasteiger partial charge is 0.470 e. The molecule has 0 saturated carbocycles. The van der Waals surface area contributed by atoms with Crippen LogP contribution in [0.15, 0.2) is 36.4 Å². The molecule has 0 radical (unpaired) electrons.